The Kier molecular flexibility index (Phi) is 4.98. The molecule has 1 aromatic rings. The fraction of sp³-hybridized carbons (Fsp3) is 0.200. The van der Waals surface area contributed by atoms with Crippen LogP contribution >= 0.6 is 0 Å². The summed E-state index contributed by atoms with van der Waals surface area (Å²) < 4.78 is 26.6. The van der Waals surface area contributed by atoms with Gasteiger partial charge in [0.15, 0.2) is 0 Å². The molecule has 0 radical (unpaired) electrons. The van der Waals surface area contributed by atoms with Crippen molar-refractivity contribution in [3.8, 4) is 0 Å². The van der Waals surface area contributed by atoms with Crippen molar-refractivity contribution in [3.05, 3.63) is 24.3 Å². The van der Waals surface area contributed by atoms with Gasteiger partial charge in [0, 0.05) is 5.69 Å². The molecule has 0 unspecified atom stereocenters. The van der Waals surface area contributed by atoms with Gasteiger partial charge in [-0.15, -0.1) is 0 Å². The van der Waals surface area contributed by atoms with Crippen molar-refractivity contribution in [2.75, 3.05) is 18.5 Å². The number of nitrogens with one attached hydrogen (secondary N) is 1. The van der Waals surface area contributed by atoms with Crippen LogP contribution in [0.5, 0.6) is 0 Å². The smallest absolute Gasteiger partial charge is 0.329 e. The normalized spacial score (nSPS) is 11.0. The Morgan fingerprint density at radius 1 is 1.21 bits per heavy atom. The average Bonchev–Trinajstić information content (AvgIpc) is 2.27. The van der Waals surface area contributed by atoms with Gasteiger partial charge >= 0.3 is 5.97 Å². The van der Waals surface area contributed by atoms with Crippen LogP contribution in [-0.4, -0.2) is 38.6 Å². The standard InChI is InChI=1S/C10H12N2O6S/c11-19(16,17)8-3-1-7(2-4-8)12-9(13)5-18-6-10(14)15/h1-4H,5-6H2,(H,12,13)(H,14,15)(H2,11,16,17). The number of hydrogen-bond acceptors (Lipinski definition) is 5. The summed E-state index contributed by atoms with van der Waals surface area (Å²) in [6.07, 6.45) is 0. The number of carbonyl (C=O) groups is 2. The molecule has 0 atom stereocenters. The van der Waals surface area contributed by atoms with Gasteiger partial charge in [-0.1, -0.05) is 0 Å². The highest BCUT2D eigenvalue weighted by Gasteiger charge is 2.08. The summed E-state index contributed by atoms with van der Waals surface area (Å²) in [6, 6.07) is 5.19. The zero-order chi connectivity index (χ0) is 14.5. The number of hydrogen-bond donors (Lipinski definition) is 3. The predicted octanol–water partition coefficient (Wildman–Crippen LogP) is -0.626. The Balaban J connectivity index is 2.54. The van der Waals surface area contributed by atoms with Gasteiger partial charge < -0.3 is 15.2 Å². The largest absolute Gasteiger partial charge is 0.480 e. The Morgan fingerprint density at radius 2 is 1.79 bits per heavy atom. The molecule has 0 bridgehead atoms. The molecule has 4 N–H and O–H groups in total. The molecular weight excluding hydrogens is 276 g/mol. The van der Waals surface area contributed by atoms with Crippen molar-refractivity contribution in [2.24, 2.45) is 5.14 Å². The lowest BCUT2D eigenvalue weighted by molar-refractivity contribution is -0.143. The number of carboxylic acid groups (broad SMARTS) is 1. The highest BCUT2D eigenvalue weighted by molar-refractivity contribution is 7.89. The number of ether oxygens (including phenoxy) is 1. The van der Waals surface area contributed by atoms with E-state index in [2.05, 4.69) is 10.1 Å². The summed E-state index contributed by atoms with van der Waals surface area (Å²) in [6.45, 7) is -0.985. The third-order valence-electron chi connectivity index (χ3n) is 1.93. The minimum atomic E-state index is -3.77. The zero-order valence-corrected chi connectivity index (χ0v) is 10.5. The lowest BCUT2D eigenvalue weighted by atomic mass is 10.3. The SMILES string of the molecule is NS(=O)(=O)c1ccc(NC(=O)COCC(=O)O)cc1. The fourth-order valence-electron chi connectivity index (χ4n) is 1.16. The number of rotatable bonds is 6. The molecule has 8 nitrogen and oxygen atoms in total. The number of anilines is 1. The van der Waals surface area contributed by atoms with Crippen molar-refractivity contribution in [1.29, 1.82) is 0 Å². The molecule has 1 aromatic carbocycles. The van der Waals surface area contributed by atoms with Crippen molar-refractivity contribution in [1.82, 2.24) is 0 Å². The fourth-order valence-corrected chi connectivity index (χ4v) is 1.67. The first-order chi connectivity index (χ1) is 8.79. The Bertz CT molecular complexity index is 566. The molecule has 0 saturated heterocycles. The lowest BCUT2D eigenvalue weighted by Gasteiger charge is -2.05. The molecule has 0 aliphatic carbocycles. The maximum atomic E-state index is 11.3. The molecule has 0 aliphatic rings. The number of nitrogens with two attached hydrogens (primary N) is 1. The molecule has 0 saturated carbocycles. The number of amides is 1. The predicted molar refractivity (Wildman–Crippen MR) is 64.9 cm³/mol. The summed E-state index contributed by atoms with van der Waals surface area (Å²) in [5.74, 6) is -1.73. The van der Waals surface area contributed by atoms with Crippen molar-refractivity contribution in [3.63, 3.8) is 0 Å². The van der Waals surface area contributed by atoms with Crippen molar-refractivity contribution >= 4 is 27.6 Å². The van der Waals surface area contributed by atoms with Gasteiger partial charge in [-0.2, -0.15) is 0 Å². The summed E-state index contributed by atoms with van der Waals surface area (Å²) in [7, 11) is -3.77. The Morgan fingerprint density at radius 3 is 2.26 bits per heavy atom. The first-order valence-electron chi connectivity index (χ1n) is 5.01. The van der Waals surface area contributed by atoms with Crippen LogP contribution in [-0.2, 0) is 24.3 Å². The van der Waals surface area contributed by atoms with Crippen LogP contribution in [0, 0.1) is 0 Å². The minimum absolute atomic E-state index is 0.0763. The summed E-state index contributed by atoms with van der Waals surface area (Å²) in [4.78, 5) is 21.4. The molecular formula is C10H12N2O6S. The third kappa shape index (κ3) is 5.46. The number of primary sulfonamides is 1. The van der Waals surface area contributed by atoms with E-state index in [0.717, 1.165) is 0 Å². The highest BCUT2D eigenvalue weighted by Crippen LogP contribution is 2.12. The second-order valence-corrected chi connectivity index (χ2v) is 5.07. The van der Waals surface area contributed by atoms with Gasteiger partial charge in [0.1, 0.15) is 13.2 Å². The molecule has 0 fully saturated rings. The molecule has 19 heavy (non-hydrogen) atoms. The number of benzene rings is 1. The van der Waals surface area contributed by atoms with Crippen LogP contribution < -0.4 is 10.5 Å². The van der Waals surface area contributed by atoms with Gasteiger partial charge in [0.25, 0.3) is 0 Å². The minimum Gasteiger partial charge on any atom is -0.480 e. The van der Waals surface area contributed by atoms with E-state index >= 15 is 0 Å². The average molecular weight is 288 g/mol. The van der Waals surface area contributed by atoms with Crippen molar-refractivity contribution < 1.29 is 27.9 Å². The van der Waals surface area contributed by atoms with Crippen molar-refractivity contribution in [2.45, 2.75) is 4.90 Å². The second-order valence-electron chi connectivity index (χ2n) is 3.50. The highest BCUT2D eigenvalue weighted by atomic mass is 32.2. The Hall–Kier alpha value is -1.97. The molecule has 104 valence electrons. The number of sulfonamides is 1. The van der Waals surface area contributed by atoms with Gasteiger partial charge in [-0.25, -0.2) is 18.4 Å². The molecule has 0 aromatic heterocycles. The summed E-state index contributed by atoms with van der Waals surface area (Å²) in [5, 5.41) is 15.6. The van der Waals surface area contributed by atoms with Crippen LogP contribution in [0.4, 0.5) is 5.69 Å². The number of carboxylic acids is 1. The number of carbonyl (C=O) groups excluding carboxylic acids is 1. The summed E-state index contributed by atoms with van der Waals surface area (Å²) in [5.41, 5.74) is 0.344. The first-order valence-corrected chi connectivity index (χ1v) is 6.56. The maximum absolute atomic E-state index is 11.3. The quantitative estimate of drug-likeness (QED) is 0.638. The molecule has 0 heterocycles. The van der Waals surface area contributed by atoms with E-state index in [-0.39, 0.29) is 4.90 Å². The van der Waals surface area contributed by atoms with E-state index in [9.17, 15) is 18.0 Å². The van der Waals surface area contributed by atoms with E-state index in [1.54, 1.807) is 0 Å². The molecule has 1 rings (SSSR count). The Labute approximate surface area is 109 Å². The van der Waals surface area contributed by atoms with Crippen LogP contribution in [0.2, 0.25) is 0 Å². The topological polar surface area (TPSA) is 136 Å². The van der Waals surface area contributed by atoms with Crippen LogP contribution in [0.25, 0.3) is 0 Å². The van der Waals surface area contributed by atoms with Gasteiger partial charge in [-0.3, -0.25) is 4.79 Å². The van der Waals surface area contributed by atoms with Gasteiger partial charge in [0.2, 0.25) is 15.9 Å². The molecule has 1 amide bonds. The first kappa shape index (κ1) is 15.1. The summed E-state index contributed by atoms with van der Waals surface area (Å²) >= 11 is 0. The van der Waals surface area contributed by atoms with Crippen LogP contribution in [0.15, 0.2) is 29.2 Å². The van der Waals surface area contributed by atoms with E-state index in [0.29, 0.717) is 5.69 Å². The second kappa shape index (κ2) is 6.27. The molecule has 0 aliphatic heterocycles. The van der Waals surface area contributed by atoms with Crippen LogP contribution in [0.1, 0.15) is 0 Å². The van der Waals surface area contributed by atoms with Crippen LogP contribution in [0.3, 0.4) is 0 Å². The lowest BCUT2D eigenvalue weighted by Crippen LogP contribution is -2.20. The third-order valence-corrected chi connectivity index (χ3v) is 2.85. The molecule has 0 spiro atoms. The van der Waals surface area contributed by atoms with E-state index in [1.807, 2.05) is 0 Å². The zero-order valence-electron chi connectivity index (χ0n) is 9.70. The molecule has 9 heteroatoms. The van der Waals surface area contributed by atoms with Gasteiger partial charge in [0.05, 0.1) is 4.90 Å². The van der Waals surface area contributed by atoms with E-state index in [4.69, 9.17) is 10.2 Å². The van der Waals surface area contributed by atoms with Gasteiger partial charge in [-0.05, 0) is 24.3 Å². The van der Waals surface area contributed by atoms with E-state index < -0.39 is 35.1 Å². The monoisotopic (exact) mass is 288 g/mol. The maximum Gasteiger partial charge on any atom is 0.329 e. The number of aliphatic carboxylic acids is 1. The van der Waals surface area contributed by atoms with E-state index in [1.165, 1.54) is 24.3 Å².